The highest BCUT2D eigenvalue weighted by atomic mass is 16.1. The second-order valence-corrected chi connectivity index (χ2v) is 7.49. The van der Waals surface area contributed by atoms with E-state index in [2.05, 4.69) is 49.5 Å². The molecule has 3 heterocycles. The standard InChI is InChI=1S/C25H17N5O/c31-25(20-9-11-29-24-19(20)8-10-28-24)30-23-18-5-2-1-4-17(18)22-16(6-3-7-21(22)23)15-12-26-14-27-13-15/h1-14,23H,(H,28,29)(H,30,31). The van der Waals surface area contributed by atoms with Crippen LogP contribution in [-0.2, 0) is 0 Å². The second kappa shape index (κ2) is 6.88. The van der Waals surface area contributed by atoms with Gasteiger partial charge in [-0.2, -0.15) is 0 Å². The van der Waals surface area contributed by atoms with Gasteiger partial charge in [0.1, 0.15) is 12.0 Å². The molecule has 1 amide bonds. The number of fused-ring (bicyclic) bond motifs is 4. The smallest absolute Gasteiger partial charge is 0.252 e. The monoisotopic (exact) mass is 403 g/mol. The maximum absolute atomic E-state index is 13.3. The van der Waals surface area contributed by atoms with Crippen molar-refractivity contribution in [2.75, 3.05) is 0 Å². The van der Waals surface area contributed by atoms with Crippen LogP contribution in [-0.4, -0.2) is 25.8 Å². The van der Waals surface area contributed by atoms with Crippen molar-refractivity contribution in [1.29, 1.82) is 0 Å². The number of benzene rings is 2. The lowest BCUT2D eigenvalue weighted by Crippen LogP contribution is -2.28. The first-order valence-corrected chi connectivity index (χ1v) is 10.0. The van der Waals surface area contributed by atoms with Gasteiger partial charge in [-0.3, -0.25) is 4.79 Å². The average molecular weight is 403 g/mol. The first kappa shape index (κ1) is 17.5. The van der Waals surface area contributed by atoms with E-state index in [1.807, 2.05) is 36.7 Å². The Morgan fingerprint density at radius 3 is 2.61 bits per heavy atom. The molecule has 0 saturated carbocycles. The summed E-state index contributed by atoms with van der Waals surface area (Å²) < 4.78 is 0. The van der Waals surface area contributed by atoms with Crippen molar-refractivity contribution in [3.05, 3.63) is 102 Å². The third kappa shape index (κ3) is 2.73. The lowest BCUT2D eigenvalue weighted by molar-refractivity contribution is 0.0945. The highest BCUT2D eigenvalue weighted by molar-refractivity contribution is 6.06. The Bertz CT molecular complexity index is 1440. The lowest BCUT2D eigenvalue weighted by atomic mass is 9.95. The second-order valence-electron chi connectivity index (χ2n) is 7.49. The number of H-pyrrole nitrogens is 1. The summed E-state index contributed by atoms with van der Waals surface area (Å²) in [6, 6.07) is 17.8. The van der Waals surface area contributed by atoms with E-state index in [0.717, 1.165) is 38.8 Å². The summed E-state index contributed by atoms with van der Waals surface area (Å²) in [4.78, 5) is 29.0. The minimum absolute atomic E-state index is 0.131. The molecule has 0 fully saturated rings. The molecule has 1 aliphatic carbocycles. The molecule has 0 aliphatic heterocycles. The van der Waals surface area contributed by atoms with Crippen LogP contribution in [0.25, 0.3) is 33.3 Å². The number of hydrogen-bond donors (Lipinski definition) is 2. The third-order valence-electron chi connectivity index (χ3n) is 5.80. The van der Waals surface area contributed by atoms with Crippen LogP contribution in [0.5, 0.6) is 0 Å². The molecule has 6 nitrogen and oxygen atoms in total. The molecule has 2 N–H and O–H groups in total. The minimum atomic E-state index is -0.245. The maximum atomic E-state index is 13.3. The zero-order valence-electron chi connectivity index (χ0n) is 16.4. The van der Waals surface area contributed by atoms with Crippen LogP contribution in [0.3, 0.4) is 0 Å². The molecule has 31 heavy (non-hydrogen) atoms. The first-order chi connectivity index (χ1) is 15.3. The Kier molecular flexibility index (Phi) is 3.89. The third-order valence-corrected chi connectivity index (χ3v) is 5.80. The predicted molar refractivity (Wildman–Crippen MR) is 118 cm³/mol. The van der Waals surface area contributed by atoms with E-state index < -0.39 is 0 Å². The zero-order chi connectivity index (χ0) is 20.8. The SMILES string of the molecule is O=C(NC1c2ccccc2-c2c(-c3cncnc3)cccc21)c1ccnc2[nH]ccc12. The Morgan fingerprint density at radius 2 is 1.71 bits per heavy atom. The van der Waals surface area contributed by atoms with Crippen molar-refractivity contribution in [2.45, 2.75) is 6.04 Å². The van der Waals surface area contributed by atoms with Crippen molar-refractivity contribution in [2.24, 2.45) is 0 Å². The molecule has 148 valence electrons. The molecule has 0 spiro atoms. The summed E-state index contributed by atoms with van der Waals surface area (Å²) in [5, 5.41) is 4.06. The molecule has 0 radical (unpaired) electrons. The Morgan fingerprint density at radius 1 is 0.903 bits per heavy atom. The van der Waals surface area contributed by atoms with Gasteiger partial charge < -0.3 is 10.3 Å². The predicted octanol–water partition coefficient (Wildman–Crippen LogP) is 4.52. The quantitative estimate of drug-likeness (QED) is 0.464. The normalized spacial score (nSPS) is 14.3. The van der Waals surface area contributed by atoms with Crippen LogP contribution in [0, 0.1) is 0 Å². The van der Waals surface area contributed by atoms with E-state index in [1.54, 1.807) is 18.5 Å². The number of hydrogen-bond acceptors (Lipinski definition) is 4. The minimum Gasteiger partial charge on any atom is -0.346 e. The lowest BCUT2D eigenvalue weighted by Gasteiger charge is -2.17. The first-order valence-electron chi connectivity index (χ1n) is 10.0. The maximum Gasteiger partial charge on any atom is 0.252 e. The topological polar surface area (TPSA) is 83.6 Å². The molecule has 6 heteroatoms. The van der Waals surface area contributed by atoms with Gasteiger partial charge in [-0.15, -0.1) is 0 Å². The molecule has 1 unspecified atom stereocenters. The molecule has 5 aromatic rings. The summed E-state index contributed by atoms with van der Waals surface area (Å²) >= 11 is 0. The van der Waals surface area contributed by atoms with Gasteiger partial charge in [0.15, 0.2) is 0 Å². The molecular weight excluding hydrogens is 386 g/mol. The number of rotatable bonds is 3. The van der Waals surface area contributed by atoms with Gasteiger partial charge in [-0.05, 0) is 39.9 Å². The van der Waals surface area contributed by atoms with Crippen LogP contribution in [0.2, 0.25) is 0 Å². The highest BCUT2D eigenvalue weighted by Crippen LogP contribution is 2.47. The molecule has 6 rings (SSSR count). The Hall–Kier alpha value is -4.32. The molecule has 3 aromatic heterocycles. The number of carbonyl (C=O) groups excluding carboxylic acids is 1. The summed E-state index contributed by atoms with van der Waals surface area (Å²) in [6.07, 6.45) is 8.61. The number of pyridine rings is 1. The molecule has 2 aromatic carbocycles. The summed E-state index contributed by atoms with van der Waals surface area (Å²) in [5.41, 5.74) is 7.67. The van der Waals surface area contributed by atoms with E-state index in [1.165, 1.54) is 6.33 Å². The molecule has 1 aliphatic rings. The Labute approximate surface area is 178 Å². The number of amides is 1. The zero-order valence-corrected chi connectivity index (χ0v) is 16.4. The van der Waals surface area contributed by atoms with Gasteiger partial charge in [0.25, 0.3) is 5.91 Å². The summed E-state index contributed by atoms with van der Waals surface area (Å²) in [7, 11) is 0. The van der Waals surface area contributed by atoms with Crippen LogP contribution in [0.1, 0.15) is 27.5 Å². The fraction of sp³-hybridized carbons (Fsp3) is 0.0400. The van der Waals surface area contributed by atoms with Crippen molar-refractivity contribution < 1.29 is 4.79 Å². The van der Waals surface area contributed by atoms with Crippen molar-refractivity contribution in [3.8, 4) is 22.3 Å². The molecular formula is C25H17N5O. The van der Waals surface area contributed by atoms with E-state index in [-0.39, 0.29) is 11.9 Å². The van der Waals surface area contributed by atoms with E-state index in [4.69, 9.17) is 0 Å². The van der Waals surface area contributed by atoms with Gasteiger partial charge in [0.2, 0.25) is 0 Å². The highest BCUT2D eigenvalue weighted by Gasteiger charge is 2.32. The van der Waals surface area contributed by atoms with E-state index >= 15 is 0 Å². The van der Waals surface area contributed by atoms with Crippen LogP contribution >= 0.6 is 0 Å². The number of nitrogens with zero attached hydrogens (tertiary/aromatic N) is 3. The summed E-state index contributed by atoms with van der Waals surface area (Å²) in [6.45, 7) is 0. The van der Waals surface area contributed by atoms with Gasteiger partial charge in [0, 0.05) is 35.7 Å². The van der Waals surface area contributed by atoms with E-state index in [0.29, 0.717) is 11.2 Å². The number of aromatic nitrogens is 4. The summed E-state index contributed by atoms with van der Waals surface area (Å²) in [5.74, 6) is -0.131. The molecule has 1 atom stereocenters. The van der Waals surface area contributed by atoms with Crippen LogP contribution in [0.15, 0.2) is 85.7 Å². The molecule has 0 bridgehead atoms. The number of carbonyl (C=O) groups is 1. The van der Waals surface area contributed by atoms with Crippen LogP contribution in [0.4, 0.5) is 0 Å². The average Bonchev–Trinajstić information content (AvgIpc) is 3.43. The van der Waals surface area contributed by atoms with Gasteiger partial charge in [-0.1, -0.05) is 42.5 Å². The van der Waals surface area contributed by atoms with E-state index in [9.17, 15) is 4.79 Å². The number of aromatic amines is 1. The Balaban J connectivity index is 1.48. The fourth-order valence-electron chi connectivity index (χ4n) is 4.46. The van der Waals surface area contributed by atoms with Crippen molar-refractivity contribution in [3.63, 3.8) is 0 Å². The van der Waals surface area contributed by atoms with Crippen molar-refractivity contribution >= 4 is 16.9 Å². The van der Waals surface area contributed by atoms with Gasteiger partial charge >= 0.3 is 0 Å². The van der Waals surface area contributed by atoms with Gasteiger partial charge in [-0.25, -0.2) is 15.0 Å². The fourth-order valence-corrected chi connectivity index (χ4v) is 4.46. The van der Waals surface area contributed by atoms with Crippen LogP contribution < -0.4 is 5.32 Å². The molecule has 0 saturated heterocycles. The van der Waals surface area contributed by atoms with Crippen molar-refractivity contribution in [1.82, 2.24) is 25.3 Å². The largest absolute Gasteiger partial charge is 0.346 e. The van der Waals surface area contributed by atoms with Gasteiger partial charge in [0.05, 0.1) is 11.6 Å². The number of nitrogens with one attached hydrogen (secondary N) is 2.